The Kier molecular flexibility index (Phi) is 4.81. The summed E-state index contributed by atoms with van der Waals surface area (Å²) >= 11 is 0. The maximum Gasteiger partial charge on any atom is 0.271 e. The molecule has 8 nitrogen and oxygen atoms in total. The van der Waals surface area contributed by atoms with Crippen molar-refractivity contribution < 1.29 is 14.8 Å². The zero-order valence-corrected chi connectivity index (χ0v) is 15.9. The third-order valence-electron chi connectivity index (χ3n) is 4.61. The first-order chi connectivity index (χ1) is 14.5. The smallest absolute Gasteiger partial charge is 0.271 e. The van der Waals surface area contributed by atoms with E-state index in [4.69, 9.17) is 0 Å². The molecule has 2 aromatic heterocycles. The minimum Gasteiger partial charge on any atom is -0.494 e. The summed E-state index contributed by atoms with van der Waals surface area (Å²) in [6.45, 7) is 1.28. The second-order valence-corrected chi connectivity index (χ2v) is 6.53. The van der Waals surface area contributed by atoms with Gasteiger partial charge in [-0.25, -0.2) is 14.5 Å². The highest BCUT2D eigenvalue weighted by Gasteiger charge is 2.25. The van der Waals surface area contributed by atoms with E-state index in [2.05, 4.69) is 9.98 Å². The number of benzene rings is 2. The van der Waals surface area contributed by atoms with Gasteiger partial charge in [-0.15, -0.1) is 0 Å². The van der Waals surface area contributed by atoms with E-state index in [1.165, 1.54) is 25.1 Å². The summed E-state index contributed by atoms with van der Waals surface area (Å²) in [6, 6.07) is 18.5. The predicted octanol–water partition coefficient (Wildman–Crippen LogP) is 4.48. The van der Waals surface area contributed by atoms with Gasteiger partial charge in [-0.05, 0) is 18.2 Å². The van der Waals surface area contributed by atoms with Gasteiger partial charge < -0.3 is 5.11 Å². The van der Waals surface area contributed by atoms with Gasteiger partial charge in [0.05, 0.1) is 21.7 Å². The van der Waals surface area contributed by atoms with Crippen molar-refractivity contribution in [1.82, 2.24) is 9.55 Å². The number of carbonyl (C=O) groups is 1. The zero-order valence-electron chi connectivity index (χ0n) is 15.9. The molecule has 0 unspecified atom stereocenters. The van der Waals surface area contributed by atoms with Crippen molar-refractivity contribution in [3.05, 3.63) is 94.2 Å². The molecule has 0 aliphatic carbocycles. The minimum atomic E-state index is -0.548. The van der Waals surface area contributed by atoms with Crippen molar-refractivity contribution >= 4 is 34.0 Å². The number of hydrogen-bond donors (Lipinski definition) is 1. The Morgan fingerprint density at radius 2 is 1.83 bits per heavy atom. The first-order valence-corrected chi connectivity index (χ1v) is 9.05. The molecule has 0 aliphatic heterocycles. The lowest BCUT2D eigenvalue weighted by Gasteiger charge is -2.08. The van der Waals surface area contributed by atoms with Crippen molar-refractivity contribution in [1.29, 1.82) is 0 Å². The molecular weight excluding hydrogens is 384 g/mol. The van der Waals surface area contributed by atoms with E-state index in [0.717, 1.165) is 4.57 Å². The highest BCUT2D eigenvalue weighted by molar-refractivity contribution is 6.23. The summed E-state index contributed by atoms with van der Waals surface area (Å²) in [4.78, 5) is 31.8. The minimum absolute atomic E-state index is 0.183. The van der Waals surface area contributed by atoms with E-state index in [0.29, 0.717) is 28.0 Å². The molecule has 0 spiro atoms. The largest absolute Gasteiger partial charge is 0.494 e. The maximum absolute atomic E-state index is 12.3. The molecule has 30 heavy (non-hydrogen) atoms. The summed E-state index contributed by atoms with van der Waals surface area (Å²) in [5, 5.41) is 22.7. The van der Waals surface area contributed by atoms with Crippen LogP contribution in [0.15, 0.2) is 77.9 Å². The fraction of sp³-hybridized carbons (Fsp3) is 0.0455. The monoisotopic (exact) mass is 400 g/mol. The fourth-order valence-electron chi connectivity index (χ4n) is 3.32. The number of aliphatic imine (C=N–C) groups is 1. The number of hydrogen-bond acceptors (Lipinski definition) is 6. The van der Waals surface area contributed by atoms with Gasteiger partial charge >= 0.3 is 0 Å². The van der Waals surface area contributed by atoms with Crippen LogP contribution in [-0.4, -0.2) is 31.2 Å². The van der Waals surface area contributed by atoms with Crippen molar-refractivity contribution in [3.8, 4) is 5.88 Å². The number of aromatic hydroxyl groups is 1. The Labute approximate surface area is 170 Å². The number of nitro benzene ring substituents is 1. The Morgan fingerprint density at radius 1 is 1.10 bits per heavy atom. The Hall–Kier alpha value is -4.33. The molecule has 0 fully saturated rings. The van der Waals surface area contributed by atoms with Crippen LogP contribution in [-0.2, 0) is 0 Å². The van der Waals surface area contributed by atoms with Crippen molar-refractivity contribution in [2.45, 2.75) is 6.92 Å². The molecular formula is C22H16N4O4. The van der Waals surface area contributed by atoms with Gasteiger partial charge in [0.1, 0.15) is 0 Å². The number of fused-ring (bicyclic) bond motifs is 1. The molecule has 0 bridgehead atoms. The number of nitrogens with zero attached hydrogens (tertiary/aromatic N) is 4. The molecule has 0 aliphatic rings. The second kappa shape index (κ2) is 7.59. The average molecular weight is 400 g/mol. The topological polar surface area (TPSA) is 111 Å². The van der Waals surface area contributed by atoms with Crippen LogP contribution < -0.4 is 0 Å². The van der Waals surface area contributed by atoms with Crippen LogP contribution in [0.25, 0.3) is 10.9 Å². The lowest BCUT2D eigenvalue weighted by Crippen LogP contribution is -2.07. The Morgan fingerprint density at radius 3 is 2.47 bits per heavy atom. The average Bonchev–Trinajstić information content (AvgIpc) is 3.04. The van der Waals surface area contributed by atoms with Crippen LogP contribution in [0.5, 0.6) is 5.88 Å². The van der Waals surface area contributed by atoms with Crippen molar-refractivity contribution in [2.24, 2.45) is 4.99 Å². The van der Waals surface area contributed by atoms with Gasteiger partial charge in [-0.3, -0.25) is 14.9 Å². The molecule has 1 N–H and O–H groups in total. The molecule has 0 saturated heterocycles. The molecule has 148 valence electrons. The third kappa shape index (κ3) is 3.30. The van der Waals surface area contributed by atoms with E-state index < -0.39 is 10.8 Å². The molecule has 0 radical (unpaired) electrons. The summed E-state index contributed by atoms with van der Waals surface area (Å²) < 4.78 is 1.05. The van der Waals surface area contributed by atoms with Crippen LogP contribution >= 0.6 is 0 Å². The number of non-ortho nitro benzene ring substituents is 1. The van der Waals surface area contributed by atoms with Gasteiger partial charge in [-0.1, -0.05) is 36.4 Å². The highest BCUT2D eigenvalue weighted by atomic mass is 16.6. The van der Waals surface area contributed by atoms with Gasteiger partial charge in [0.2, 0.25) is 11.8 Å². The number of rotatable bonds is 4. The Bertz CT molecular complexity index is 1300. The van der Waals surface area contributed by atoms with E-state index in [1.807, 2.05) is 30.3 Å². The predicted molar refractivity (Wildman–Crippen MR) is 113 cm³/mol. The molecule has 2 heterocycles. The number of pyridine rings is 1. The molecule has 0 amide bonds. The van der Waals surface area contributed by atoms with Crippen LogP contribution in [0.2, 0.25) is 0 Å². The Balaban J connectivity index is 2.08. The normalized spacial score (nSPS) is 11.6. The van der Waals surface area contributed by atoms with Crippen LogP contribution in [0.4, 0.5) is 11.5 Å². The maximum atomic E-state index is 12.3. The second-order valence-electron chi connectivity index (χ2n) is 6.53. The molecule has 8 heteroatoms. The van der Waals surface area contributed by atoms with Gasteiger partial charge in [0, 0.05) is 36.2 Å². The summed E-state index contributed by atoms with van der Waals surface area (Å²) in [5.41, 5.74) is 1.43. The number of aromatic nitrogens is 2. The summed E-state index contributed by atoms with van der Waals surface area (Å²) in [7, 11) is 0. The van der Waals surface area contributed by atoms with Gasteiger partial charge in [-0.2, -0.15) is 0 Å². The van der Waals surface area contributed by atoms with Gasteiger partial charge in [0.25, 0.3) is 5.69 Å². The summed E-state index contributed by atoms with van der Waals surface area (Å²) in [5.74, 6) is -0.396. The van der Waals surface area contributed by atoms with Gasteiger partial charge in [0.15, 0.2) is 5.82 Å². The van der Waals surface area contributed by atoms with Crippen LogP contribution in [0.3, 0.4) is 0 Å². The molecule has 0 atom stereocenters. The lowest BCUT2D eigenvalue weighted by molar-refractivity contribution is -0.384. The molecule has 4 aromatic rings. The first kappa shape index (κ1) is 19.0. The SMILES string of the molecule is CC(=O)n1c(O)c(/C(=N/c2ccccn2)c2ccccc2)c2ccc([N+](=O)[O-])cc21. The first-order valence-electron chi connectivity index (χ1n) is 9.05. The van der Waals surface area contributed by atoms with E-state index >= 15 is 0 Å². The quantitative estimate of drug-likeness (QED) is 0.308. The van der Waals surface area contributed by atoms with Crippen molar-refractivity contribution in [2.75, 3.05) is 0 Å². The zero-order chi connectivity index (χ0) is 21.3. The fourth-order valence-corrected chi connectivity index (χ4v) is 3.32. The van der Waals surface area contributed by atoms with Crippen LogP contribution in [0, 0.1) is 10.1 Å². The number of nitro groups is 1. The van der Waals surface area contributed by atoms with Crippen LogP contribution in [0.1, 0.15) is 22.8 Å². The lowest BCUT2D eigenvalue weighted by atomic mass is 10.0. The van der Waals surface area contributed by atoms with Crippen molar-refractivity contribution in [3.63, 3.8) is 0 Å². The molecule has 4 rings (SSSR count). The number of carbonyl (C=O) groups excluding carboxylic acids is 1. The molecule has 2 aromatic carbocycles. The highest BCUT2D eigenvalue weighted by Crippen LogP contribution is 2.36. The van der Waals surface area contributed by atoms with E-state index in [1.54, 1.807) is 24.4 Å². The summed E-state index contributed by atoms with van der Waals surface area (Å²) in [6.07, 6.45) is 1.60. The standard InChI is InChI=1S/C22H16N4O4/c1-14(27)25-18-13-16(26(29)30)10-11-17(18)20(22(25)28)21(15-7-3-2-4-8-15)24-19-9-5-6-12-23-19/h2-13,28H,1H3/b24-21+. The van der Waals surface area contributed by atoms with E-state index in [9.17, 15) is 20.0 Å². The third-order valence-corrected chi connectivity index (χ3v) is 4.61. The van der Waals surface area contributed by atoms with E-state index in [-0.39, 0.29) is 17.1 Å². The molecule has 0 saturated carbocycles.